The second-order valence-electron chi connectivity index (χ2n) is 7.19. The predicted molar refractivity (Wildman–Crippen MR) is 139 cm³/mol. The standard InChI is InChI=1S/C26H22N4O2S2/c31-25(17-33-23-9-13-27-14-10-23)29-21-5-1-19(2-6-21)20-3-7-22(8-4-20)30-26(32)18-34-24-11-15-28-16-12-24/h1-16H,17-18H2,(H,29,31)(H,30,32). The Morgan fingerprint density at radius 1 is 0.559 bits per heavy atom. The monoisotopic (exact) mass is 486 g/mol. The molecule has 0 aliphatic rings. The van der Waals surface area contributed by atoms with Crippen molar-refractivity contribution >= 4 is 46.7 Å². The molecule has 0 atom stereocenters. The average Bonchev–Trinajstić information content (AvgIpc) is 2.88. The number of benzene rings is 2. The number of nitrogens with one attached hydrogen (secondary N) is 2. The summed E-state index contributed by atoms with van der Waals surface area (Å²) in [5.74, 6) is 0.550. The van der Waals surface area contributed by atoms with E-state index >= 15 is 0 Å². The summed E-state index contributed by atoms with van der Waals surface area (Å²) in [7, 11) is 0. The first-order valence-electron chi connectivity index (χ1n) is 10.5. The van der Waals surface area contributed by atoms with Crippen molar-refractivity contribution in [3.63, 3.8) is 0 Å². The van der Waals surface area contributed by atoms with E-state index in [0.29, 0.717) is 11.5 Å². The Bertz CT molecular complexity index is 1120. The second-order valence-corrected chi connectivity index (χ2v) is 9.29. The van der Waals surface area contributed by atoms with Gasteiger partial charge < -0.3 is 10.6 Å². The van der Waals surface area contributed by atoms with Crippen LogP contribution in [0.2, 0.25) is 0 Å². The summed E-state index contributed by atoms with van der Waals surface area (Å²) in [4.78, 5) is 34.4. The third-order valence-electron chi connectivity index (χ3n) is 4.71. The first kappa shape index (κ1) is 23.5. The molecule has 2 aromatic heterocycles. The Kier molecular flexibility index (Phi) is 8.32. The van der Waals surface area contributed by atoms with Crippen molar-refractivity contribution in [1.82, 2.24) is 9.97 Å². The summed E-state index contributed by atoms with van der Waals surface area (Å²) in [6.07, 6.45) is 6.84. The number of carbonyl (C=O) groups is 2. The summed E-state index contributed by atoms with van der Waals surface area (Å²) < 4.78 is 0. The molecule has 0 radical (unpaired) electrons. The molecule has 0 saturated heterocycles. The number of thioether (sulfide) groups is 2. The van der Waals surface area contributed by atoms with Crippen LogP contribution < -0.4 is 10.6 Å². The van der Waals surface area contributed by atoms with Gasteiger partial charge in [-0.1, -0.05) is 24.3 Å². The third-order valence-corrected chi connectivity index (χ3v) is 6.73. The molecule has 2 N–H and O–H groups in total. The first-order valence-corrected chi connectivity index (χ1v) is 12.5. The smallest absolute Gasteiger partial charge is 0.234 e. The molecule has 8 heteroatoms. The van der Waals surface area contributed by atoms with Gasteiger partial charge in [-0.15, -0.1) is 23.5 Å². The minimum absolute atomic E-state index is 0.0586. The Morgan fingerprint density at radius 3 is 1.26 bits per heavy atom. The largest absolute Gasteiger partial charge is 0.325 e. The van der Waals surface area contributed by atoms with Crippen molar-refractivity contribution in [1.29, 1.82) is 0 Å². The summed E-state index contributed by atoms with van der Waals surface area (Å²) in [6.45, 7) is 0. The Balaban J connectivity index is 1.26. The van der Waals surface area contributed by atoms with Crippen molar-refractivity contribution < 1.29 is 9.59 Å². The zero-order valence-electron chi connectivity index (χ0n) is 18.2. The van der Waals surface area contributed by atoms with E-state index in [1.165, 1.54) is 23.5 Å². The lowest BCUT2D eigenvalue weighted by Crippen LogP contribution is -2.14. The molecule has 0 fully saturated rings. The van der Waals surface area contributed by atoms with E-state index in [2.05, 4.69) is 20.6 Å². The molecule has 34 heavy (non-hydrogen) atoms. The fourth-order valence-electron chi connectivity index (χ4n) is 3.05. The van der Waals surface area contributed by atoms with E-state index in [4.69, 9.17) is 0 Å². The van der Waals surface area contributed by atoms with Crippen molar-refractivity contribution in [2.45, 2.75) is 9.79 Å². The average molecular weight is 487 g/mol. The molecular weight excluding hydrogens is 464 g/mol. The molecule has 0 aliphatic carbocycles. The normalized spacial score (nSPS) is 10.5. The highest BCUT2D eigenvalue weighted by molar-refractivity contribution is 8.00. The van der Waals surface area contributed by atoms with E-state index in [-0.39, 0.29) is 11.8 Å². The summed E-state index contributed by atoms with van der Waals surface area (Å²) >= 11 is 2.94. The van der Waals surface area contributed by atoms with Crippen LogP contribution in [0.5, 0.6) is 0 Å². The Hall–Kier alpha value is -3.62. The maximum atomic E-state index is 12.2. The number of nitrogens with zero attached hydrogens (tertiary/aromatic N) is 2. The highest BCUT2D eigenvalue weighted by Crippen LogP contribution is 2.24. The molecule has 0 bridgehead atoms. The van der Waals surface area contributed by atoms with Gasteiger partial charge in [-0.2, -0.15) is 0 Å². The third kappa shape index (κ3) is 7.19. The molecule has 0 spiro atoms. The highest BCUT2D eigenvalue weighted by Gasteiger charge is 2.06. The van der Waals surface area contributed by atoms with Crippen LogP contribution in [0.25, 0.3) is 11.1 Å². The van der Waals surface area contributed by atoms with Crippen LogP contribution in [0.15, 0.2) is 107 Å². The molecule has 4 aromatic rings. The summed E-state index contributed by atoms with van der Waals surface area (Å²) in [6, 6.07) is 22.9. The topological polar surface area (TPSA) is 84.0 Å². The van der Waals surface area contributed by atoms with Crippen molar-refractivity contribution in [3.8, 4) is 11.1 Å². The van der Waals surface area contributed by atoms with Gasteiger partial charge in [0.25, 0.3) is 0 Å². The van der Waals surface area contributed by atoms with Gasteiger partial charge in [0.15, 0.2) is 0 Å². The van der Waals surface area contributed by atoms with Crippen molar-refractivity contribution in [2.24, 2.45) is 0 Å². The number of rotatable bonds is 9. The van der Waals surface area contributed by atoms with Crippen molar-refractivity contribution in [2.75, 3.05) is 22.1 Å². The maximum absolute atomic E-state index is 12.2. The number of aromatic nitrogens is 2. The molecule has 2 amide bonds. The zero-order chi connectivity index (χ0) is 23.6. The lowest BCUT2D eigenvalue weighted by molar-refractivity contribution is -0.114. The van der Waals surface area contributed by atoms with Crippen LogP contribution in [-0.4, -0.2) is 33.3 Å². The van der Waals surface area contributed by atoms with Crippen LogP contribution in [0, 0.1) is 0 Å². The van der Waals surface area contributed by atoms with Gasteiger partial charge in [0.1, 0.15) is 0 Å². The minimum atomic E-state index is -0.0586. The van der Waals surface area contributed by atoms with Gasteiger partial charge in [0.05, 0.1) is 11.5 Å². The van der Waals surface area contributed by atoms with Crippen LogP contribution in [0.4, 0.5) is 11.4 Å². The predicted octanol–water partition coefficient (Wildman–Crippen LogP) is 5.61. The zero-order valence-corrected chi connectivity index (χ0v) is 19.8. The molecule has 0 unspecified atom stereocenters. The number of pyridine rings is 2. The number of amides is 2. The van der Waals surface area contributed by atoms with Crippen LogP contribution in [0.1, 0.15) is 0 Å². The SMILES string of the molecule is O=C(CSc1ccncc1)Nc1ccc(-c2ccc(NC(=O)CSc3ccncc3)cc2)cc1. The van der Waals surface area contributed by atoms with Crippen LogP contribution in [0.3, 0.4) is 0 Å². The number of hydrogen-bond acceptors (Lipinski definition) is 6. The fraction of sp³-hybridized carbons (Fsp3) is 0.0769. The maximum Gasteiger partial charge on any atom is 0.234 e. The van der Waals surface area contributed by atoms with Gasteiger partial charge >= 0.3 is 0 Å². The number of hydrogen-bond donors (Lipinski definition) is 2. The number of anilines is 2. The van der Waals surface area contributed by atoms with Crippen LogP contribution >= 0.6 is 23.5 Å². The highest BCUT2D eigenvalue weighted by atomic mass is 32.2. The second kappa shape index (κ2) is 12.0. The molecular formula is C26H22N4O2S2. The minimum Gasteiger partial charge on any atom is -0.325 e. The van der Waals surface area contributed by atoms with Gasteiger partial charge in [0, 0.05) is 46.0 Å². The van der Waals surface area contributed by atoms with Gasteiger partial charge in [-0.25, -0.2) is 0 Å². The van der Waals surface area contributed by atoms with E-state index < -0.39 is 0 Å². The van der Waals surface area contributed by atoms with Crippen molar-refractivity contribution in [3.05, 3.63) is 97.6 Å². The first-order chi connectivity index (χ1) is 16.7. The Morgan fingerprint density at radius 2 is 0.912 bits per heavy atom. The summed E-state index contributed by atoms with van der Waals surface area (Å²) in [5, 5.41) is 5.83. The van der Waals surface area contributed by atoms with Gasteiger partial charge in [0.2, 0.25) is 11.8 Å². The fourth-order valence-corrected chi connectivity index (χ4v) is 4.42. The van der Waals surface area contributed by atoms with E-state index in [1.54, 1.807) is 24.8 Å². The molecule has 2 heterocycles. The summed E-state index contributed by atoms with van der Waals surface area (Å²) in [5.41, 5.74) is 3.55. The van der Waals surface area contributed by atoms with Crippen LogP contribution in [-0.2, 0) is 9.59 Å². The molecule has 0 aliphatic heterocycles. The quantitative estimate of drug-likeness (QED) is 0.299. The van der Waals surface area contributed by atoms with Gasteiger partial charge in [-0.3, -0.25) is 19.6 Å². The lowest BCUT2D eigenvalue weighted by atomic mass is 10.0. The number of carbonyl (C=O) groups excluding carboxylic acids is 2. The van der Waals surface area contributed by atoms with Gasteiger partial charge in [-0.05, 0) is 59.7 Å². The van der Waals surface area contributed by atoms with E-state index in [9.17, 15) is 9.59 Å². The Labute approximate surface area is 206 Å². The van der Waals surface area contributed by atoms with E-state index in [1.807, 2.05) is 72.8 Å². The molecule has 170 valence electrons. The lowest BCUT2D eigenvalue weighted by Gasteiger charge is -2.09. The molecule has 0 saturated carbocycles. The van der Waals surface area contributed by atoms with E-state index in [0.717, 1.165) is 32.3 Å². The molecule has 4 rings (SSSR count). The molecule has 6 nitrogen and oxygen atoms in total. The molecule has 2 aromatic carbocycles.